The minimum absolute atomic E-state index is 0.0492. The standard InChI is InChI=1S/C21H24F3N7O2/c1-11-8-31(9-12(2)26-11)16-6-5-13(17-14(16)7-25-20(28-17)33-4)19(32)27-15-10-30(3)29-18(15)21(22,23)24/h5-7,10-12,26H,8-9H2,1-4H3,(H,27,32)/t11-,12-/m1/s1. The van der Waals surface area contributed by atoms with Gasteiger partial charge in [-0.15, -0.1) is 0 Å². The second-order valence-electron chi connectivity index (χ2n) is 8.14. The van der Waals surface area contributed by atoms with Gasteiger partial charge in [0.05, 0.1) is 23.9 Å². The van der Waals surface area contributed by atoms with E-state index >= 15 is 0 Å². The third kappa shape index (κ3) is 4.56. The summed E-state index contributed by atoms with van der Waals surface area (Å²) in [4.78, 5) is 23.8. The molecule has 3 heterocycles. The number of carbonyl (C=O) groups excluding carboxylic acids is 1. The van der Waals surface area contributed by atoms with Gasteiger partial charge >= 0.3 is 12.2 Å². The van der Waals surface area contributed by atoms with E-state index in [1.165, 1.54) is 14.2 Å². The van der Waals surface area contributed by atoms with Crippen molar-refractivity contribution >= 4 is 28.2 Å². The van der Waals surface area contributed by atoms with E-state index in [4.69, 9.17) is 4.74 Å². The zero-order valence-electron chi connectivity index (χ0n) is 18.6. The van der Waals surface area contributed by atoms with Crippen LogP contribution >= 0.6 is 0 Å². The Balaban J connectivity index is 1.76. The van der Waals surface area contributed by atoms with Crippen molar-refractivity contribution in [3.8, 4) is 6.01 Å². The molecule has 1 amide bonds. The molecular weight excluding hydrogens is 439 g/mol. The molecule has 3 aromatic rings. The van der Waals surface area contributed by atoms with Gasteiger partial charge in [-0.1, -0.05) is 0 Å². The Bertz CT molecular complexity index is 1180. The van der Waals surface area contributed by atoms with E-state index < -0.39 is 23.5 Å². The smallest absolute Gasteiger partial charge is 0.437 e. The van der Waals surface area contributed by atoms with Crippen LogP contribution in [0.15, 0.2) is 24.5 Å². The Morgan fingerprint density at radius 3 is 2.58 bits per heavy atom. The number of nitrogens with one attached hydrogen (secondary N) is 2. The number of aromatic nitrogens is 4. The third-order valence-corrected chi connectivity index (χ3v) is 5.38. The number of halogens is 3. The summed E-state index contributed by atoms with van der Waals surface area (Å²) < 4.78 is 46.1. The molecule has 0 radical (unpaired) electrons. The predicted octanol–water partition coefficient (Wildman–Crippen LogP) is 2.83. The number of rotatable bonds is 4. The van der Waals surface area contributed by atoms with Gasteiger partial charge in [0.1, 0.15) is 0 Å². The number of anilines is 2. The Hall–Kier alpha value is -3.41. The minimum atomic E-state index is -4.71. The summed E-state index contributed by atoms with van der Waals surface area (Å²) in [5, 5.41) is 9.82. The second-order valence-corrected chi connectivity index (χ2v) is 8.14. The third-order valence-electron chi connectivity index (χ3n) is 5.38. The summed E-state index contributed by atoms with van der Waals surface area (Å²) in [6.45, 7) is 5.64. The number of carbonyl (C=O) groups is 1. The molecule has 0 aliphatic carbocycles. The summed E-state index contributed by atoms with van der Waals surface area (Å²) in [6, 6.07) is 3.87. The van der Waals surface area contributed by atoms with Crippen LogP contribution in [0.25, 0.3) is 10.9 Å². The molecule has 0 spiro atoms. The molecule has 2 atom stereocenters. The maximum Gasteiger partial charge on any atom is 0.437 e. The highest BCUT2D eigenvalue weighted by atomic mass is 19.4. The Kier molecular flexibility index (Phi) is 5.87. The van der Waals surface area contributed by atoms with Gasteiger partial charge in [-0.05, 0) is 26.0 Å². The molecule has 1 aliphatic heterocycles. The highest BCUT2D eigenvalue weighted by molar-refractivity contribution is 6.14. The van der Waals surface area contributed by atoms with Crippen molar-refractivity contribution in [3.63, 3.8) is 0 Å². The average molecular weight is 463 g/mol. The van der Waals surface area contributed by atoms with Crippen LogP contribution in [0.4, 0.5) is 24.5 Å². The SMILES string of the molecule is COc1ncc2c(N3C[C@@H](C)N[C@H](C)C3)ccc(C(=O)Nc3cn(C)nc3C(F)(F)F)c2n1. The number of nitrogens with zero attached hydrogens (tertiary/aromatic N) is 5. The predicted molar refractivity (Wildman–Crippen MR) is 117 cm³/mol. The minimum Gasteiger partial charge on any atom is -0.467 e. The molecule has 33 heavy (non-hydrogen) atoms. The lowest BCUT2D eigenvalue weighted by atomic mass is 10.0. The van der Waals surface area contributed by atoms with E-state index in [1.807, 2.05) is 0 Å². The summed E-state index contributed by atoms with van der Waals surface area (Å²) in [6.07, 6.45) is -2.04. The Morgan fingerprint density at radius 1 is 1.24 bits per heavy atom. The summed E-state index contributed by atoms with van der Waals surface area (Å²) in [5.74, 6) is -0.743. The largest absolute Gasteiger partial charge is 0.467 e. The number of hydrogen-bond acceptors (Lipinski definition) is 7. The monoisotopic (exact) mass is 463 g/mol. The first-order valence-electron chi connectivity index (χ1n) is 10.3. The molecular formula is C21H24F3N7O2. The zero-order valence-corrected chi connectivity index (χ0v) is 18.6. The van der Waals surface area contributed by atoms with Crippen molar-refractivity contribution in [2.45, 2.75) is 32.1 Å². The van der Waals surface area contributed by atoms with Gasteiger partial charge in [-0.25, -0.2) is 4.98 Å². The number of alkyl halides is 3. The van der Waals surface area contributed by atoms with Crippen LogP contribution in [0.5, 0.6) is 6.01 Å². The van der Waals surface area contributed by atoms with Crippen molar-refractivity contribution in [1.82, 2.24) is 25.1 Å². The van der Waals surface area contributed by atoms with Crippen molar-refractivity contribution < 1.29 is 22.7 Å². The highest BCUT2D eigenvalue weighted by Gasteiger charge is 2.38. The van der Waals surface area contributed by atoms with Gasteiger partial charge < -0.3 is 20.3 Å². The van der Waals surface area contributed by atoms with E-state index in [-0.39, 0.29) is 29.2 Å². The Morgan fingerprint density at radius 2 is 1.94 bits per heavy atom. The van der Waals surface area contributed by atoms with E-state index in [1.54, 1.807) is 18.3 Å². The molecule has 0 saturated carbocycles. The number of methoxy groups -OCH3 is 1. The van der Waals surface area contributed by atoms with Crippen molar-refractivity contribution in [3.05, 3.63) is 35.8 Å². The fourth-order valence-corrected chi connectivity index (χ4v) is 4.15. The molecule has 176 valence electrons. The number of benzene rings is 1. The number of aryl methyl sites for hydroxylation is 1. The van der Waals surface area contributed by atoms with Crippen LogP contribution in [0.1, 0.15) is 29.9 Å². The van der Waals surface area contributed by atoms with Crippen molar-refractivity contribution in [2.75, 3.05) is 30.4 Å². The van der Waals surface area contributed by atoms with E-state index in [0.29, 0.717) is 5.39 Å². The zero-order chi connectivity index (χ0) is 23.9. The van der Waals surface area contributed by atoms with E-state index in [9.17, 15) is 18.0 Å². The molecule has 4 rings (SSSR count). The fraction of sp³-hybridized carbons (Fsp3) is 0.429. The molecule has 1 aliphatic rings. The van der Waals surface area contributed by atoms with E-state index in [0.717, 1.165) is 29.7 Å². The number of piperazine rings is 1. The first-order valence-corrected chi connectivity index (χ1v) is 10.3. The van der Waals surface area contributed by atoms with Crippen LogP contribution in [0.3, 0.4) is 0 Å². The van der Waals surface area contributed by atoms with Gasteiger partial charge in [0.15, 0.2) is 5.69 Å². The van der Waals surface area contributed by atoms with Gasteiger partial charge in [0.2, 0.25) is 0 Å². The summed E-state index contributed by atoms with van der Waals surface area (Å²) >= 11 is 0. The number of hydrogen-bond donors (Lipinski definition) is 2. The second kappa shape index (κ2) is 8.50. The Labute approximate surface area is 187 Å². The van der Waals surface area contributed by atoms with Crippen LogP contribution in [0, 0.1) is 0 Å². The molecule has 1 fully saturated rings. The first-order chi connectivity index (χ1) is 15.6. The van der Waals surface area contributed by atoms with Crippen LogP contribution in [0.2, 0.25) is 0 Å². The van der Waals surface area contributed by atoms with Crippen LogP contribution < -0.4 is 20.3 Å². The lowest BCUT2D eigenvalue weighted by Crippen LogP contribution is -2.54. The van der Waals surface area contributed by atoms with Crippen molar-refractivity contribution in [1.29, 1.82) is 0 Å². The van der Waals surface area contributed by atoms with Gasteiger partial charge in [0.25, 0.3) is 5.91 Å². The average Bonchev–Trinajstić information content (AvgIpc) is 3.12. The first kappa shape index (κ1) is 22.8. The topological polar surface area (TPSA) is 97.2 Å². The number of fused-ring (bicyclic) bond motifs is 1. The highest BCUT2D eigenvalue weighted by Crippen LogP contribution is 2.35. The van der Waals surface area contributed by atoms with Gasteiger partial charge in [-0.2, -0.15) is 23.3 Å². The quantitative estimate of drug-likeness (QED) is 0.614. The van der Waals surface area contributed by atoms with Crippen molar-refractivity contribution in [2.24, 2.45) is 7.05 Å². The lowest BCUT2D eigenvalue weighted by molar-refractivity contribution is -0.140. The molecule has 0 bridgehead atoms. The van der Waals surface area contributed by atoms with Crippen LogP contribution in [-0.2, 0) is 13.2 Å². The van der Waals surface area contributed by atoms with Gasteiger partial charge in [-0.3, -0.25) is 9.48 Å². The normalized spacial score (nSPS) is 19.1. The number of amides is 1. The van der Waals surface area contributed by atoms with Gasteiger partial charge in [0, 0.05) is 55.7 Å². The molecule has 9 nitrogen and oxygen atoms in total. The summed E-state index contributed by atoms with van der Waals surface area (Å²) in [7, 11) is 2.75. The molecule has 1 aromatic carbocycles. The van der Waals surface area contributed by atoms with Crippen LogP contribution in [-0.4, -0.2) is 57.9 Å². The maximum atomic E-state index is 13.3. The molecule has 2 aromatic heterocycles. The number of ether oxygens (including phenoxy) is 1. The molecule has 0 unspecified atom stereocenters. The molecule has 12 heteroatoms. The maximum absolute atomic E-state index is 13.3. The van der Waals surface area contributed by atoms with E-state index in [2.05, 4.69) is 44.4 Å². The summed E-state index contributed by atoms with van der Waals surface area (Å²) in [5.41, 5.74) is -0.383. The molecule has 1 saturated heterocycles. The lowest BCUT2D eigenvalue weighted by Gasteiger charge is -2.38. The fourth-order valence-electron chi connectivity index (χ4n) is 4.15. The molecule has 2 N–H and O–H groups in total.